The summed E-state index contributed by atoms with van der Waals surface area (Å²) < 4.78 is 5.38. The van der Waals surface area contributed by atoms with Gasteiger partial charge in [-0.1, -0.05) is 13.3 Å². The number of hydrogen-bond acceptors (Lipinski definition) is 4. The van der Waals surface area contributed by atoms with E-state index in [0.29, 0.717) is 6.54 Å². The molecule has 1 saturated heterocycles. The summed E-state index contributed by atoms with van der Waals surface area (Å²) in [5, 5.41) is 3.38. The zero-order valence-corrected chi connectivity index (χ0v) is 14.6. The molecule has 1 fully saturated rings. The van der Waals surface area contributed by atoms with E-state index in [9.17, 15) is 4.79 Å². The minimum absolute atomic E-state index is 0.0851. The van der Waals surface area contributed by atoms with Crippen molar-refractivity contribution in [3.05, 3.63) is 0 Å². The summed E-state index contributed by atoms with van der Waals surface area (Å²) in [6.45, 7) is 14.1. The van der Waals surface area contributed by atoms with Gasteiger partial charge in [-0.15, -0.1) is 0 Å². The Morgan fingerprint density at radius 2 is 2.10 bits per heavy atom. The van der Waals surface area contributed by atoms with Crippen molar-refractivity contribution in [3.63, 3.8) is 0 Å². The topological polar surface area (TPSA) is 41.6 Å². The van der Waals surface area contributed by atoms with E-state index in [0.717, 1.165) is 25.6 Å². The van der Waals surface area contributed by atoms with E-state index in [2.05, 4.69) is 17.1 Å². The first-order chi connectivity index (χ1) is 9.79. The first-order valence-electron chi connectivity index (χ1n) is 8.47. The summed E-state index contributed by atoms with van der Waals surface area (Å²) >= 11 is 0. The van der Waals surface area contributed by atoms with Crippen LogP contribution in [0, 0.1) is 5.92 Å². The second-order valence-electron chi connectivity index (χ2n) is 7.37. The predicted molar refractivity (Wildman–Crippen MR) is 87.4 cm³/mol. The Kier molecular flexibility index (Phi) is 7.67. The fraction of sp³-hybridized carbons (Fsp3) is 0.941. The van der Waals surface area contributed by atoms with E-state index in [1.807, 2.05) is 27.7 Å². The SMILES string of the molecule is CC(CNCCCN1CCCCC1C)C(=O)OC(C)(C)C. The van der Waals surface area contributed by atoms with Crippen LogP contribution in [0.2, 0.25) is 0 Å². The van der Waals surface area contributed by atoms with Crippen molar-refractivity contribution in [2.45, 2.75) is 71.9 Å². The number of esters is 1. The smallest absolute Gasteiger partial charge is 0.310 e. The molecule has 0 aliphatic carbocycles. The van der Waals surface area contributed by atoms with Gasteiger partial charge in [-0.3, -0.25) is 4.79 Å². The summed E-state index contributed by atoms with van der Waals surface area (Å²) in [6, 6.07) is 0.736. The number of carbonyl (C=O) groups excluding carboxylic acids is 1. The predicted octanol–water partition coefficient (Wildman–Crippen LogP) is 2.82. The normalized spacial score (nSPS) is 22.0. The Hall–Kier alpha value is -0.610. The lowest BCUT2D eigenvalue weighted by atomic mass is 10.0. The van der Waals surface area contributed by atoms with Crippen LogP contribution in [-0.2, 0) is 9.53 Å². The highest BCUT2D eigenvalue weighted by Crippen LogP contribution is 2.16. The lowest BCUT2D eigenvalue weighted by Crippen LogP contribution is -2.39. The van der Waals surface area contributed by atoms with Crippen LogP contribution < -0.4 is 5.32 Å². The molecule has 0 aromatic heterocycles. The molecule has 0 aromatic rings. The molecule has 1 heterocycles. The molecule has 124 valence electrons. The van der Waals surface area contributed by atoms with Gasteiger partial charge in [-0.25, -0.2) is 0 Å². The van der Waals surface area contributed by atoms with Gasteiger partial charge in [0.05, 0.1) is 5.92 Å². The number of nitrogens with zero attached hydrogens (tertiary/aromatic N) is 1. The van der Waals surface area contributed by atoms with Gasteiger partial charge in [0.15, 0.2) is 0 Å². The number of piperidine rings is 1. The van der Waals surface area contributed by atoms with Crippen molar-refractivity contribution in [1.82, 2.24) is 10.2 Å². The summed E-state index contributed by atoms with van der Waals surface area (Å²) in [5.41, 5.74) is -0.393. The Labute approximate surface area is 130 Å². The Morgan fingerprint density at radius 3 is 2.71 bits per heavy atom. The van der Waals surface area contributed by atoms with Crippen LogP contribution in [0.25, 0.3) is 0 Å². The number of likely N-dealkylation sites (tertiary alicyclic amines) is 1. The molecule has 0 radical (unpaired) electrons. The fourth-order valence-electron chi connectivity index (χ4n) is 2.70. The molecule has 0 spiro atoms. The molecular formula is C17H34N2O2. The number of carbonyl (C=O) groups is 1. The van der Waals surface area contributed by atoms with Crippen LogP contribution in [0.15, 0.2) is 0 Å². The minimum atomic E-state index is -0.393. The van der Waals surface area contributed by atoms with E-state index >= 15 is 0 Å². The van der Waals surface area contributed by atoms with Crippen molar-refractivity contribution < 1.29 is 9.53 Å². The Morgan fingerprint density at radius 1 is 1.38 bits per heavy atom. The van der Waals surface area contributed by atoms with Gasteiger partial charge in [-0.05, 0) is 66.6 Å². The molecule has 1 rings (SSSR count). The quantitative estimate of drug-likeness (QED) is 0.580. The zero-order chi connectivity index (χ0) is 15.9. The Balaban J connectivity index is 2.09. The largest absolute Gasteiger partial charge is 0.460 e. The van der Waals surface area contributed by atoms with Gasteiger partial charge < -0.3 is 15.0 Å². The summed E-state index contributed by atoms with van der Waals surface area (Å²) in [4.78, 5) is 14.4. The number of nitrogens with one attached hydrogen (secondary N) is 1. The maximum Gasteiger partial charge on any atom is 0.310 e. The van der Waals surface area contributed by atoms with Crippen LogP contribution in [0.5, 0.6) is 0 Å². The molecule has 1 N–H and O–H groups in total. The third-order valence-electron chi connectivity index (χ3n) is 4.00. The molecule has 4 heteroatoms. The van der Waals surface area contributed by atoms with E-state index in [4.69, 9.17) is 4.74 Å². The van der Waals surface area contributed by atoms with Crippen molar-refractivity contribution in [2.75, 3.05) is 26.2 Å². The lowest BCUT2D eigenvalue weighted by Gasteiger charge is -2.33. The van der Waals surface area contributed by atoms with Crippen LogP contribution in [0.4, 0.5) is 0 Å². The first-order valence-corrected chi connectivity index (χ1v) is 8.47. The maximum absolute atomic E-state index is 11.8. The molecule has 0 bridgehead atoms. The summed E-state index contributed by atoms with van der Waals surface area (Å²) in [5.74, 6) is -0.196. The molecule has 21 heavy (non-hydrogen) atoms. The maximum atomic E-state index is 11.8. The standard InChI is InChI=1S/C17H34N2O2/c1-14(16(20)21-17(3,4)5)13-18-10-8-12-19-11-7-6-9-15(19)2/h14-15,18H,6-13H2,1-5H3. The lowest BCUT2D eigenvalue weighted by molar-refractivity contribution is -0.159. The van der Waals surface area contributed by atoms with Crippen molar-refractivity contribution in [2.24, 2.45) is 5.92 Å². The van der Waals surface area contributed by atoms with E-state index in [1.165, 1.54) is 25.8 Å². The van der Waals surface area contributed by atoms with Gasteiger partial charge in [-0.2, -0.15) is 0 Å². The van der Waals surface area contributed by atoms with Crippen LogP contribution >= 0.6 is 0 Å². The van der Waals surface area contributed by atoms with Gasteiger partial charge in [0.25, 0.3) is 0 Å². The molecule has 1 aliphatic heterocycles. The van der Waals surface area contributed by atoms with Crippen molar-refractivity contribution >= 4 is 5.97 Å². The van der Waals surface area contributed by atoms with Gasteiger partial charge in [0, 0.05) is 12.6 Å². The number of rotatable bonds is 7. The average Bonchev–Trinajstić information content (AvgIpc) is 2.38. The first kappa shape index (κ1) is 18.4. The summed E-state index contributed by atoms with van der Waals surface area (Å²) in [6.07, 6.45) is 5.20. The van der Waals surface area contributed by atoms with Gasteiger partial charge in [0.2, 0.25) is 0 Å². The highest BCUT2D eigenvalue weighted by molar-refractivity contribution is 5.72. The Bertz CT molecular complexity index is 312. The van der Waals surface area contributed by atoms with Gasteiger partial charge in [0.1, 0.15) is 5.60 Å². The summed E-state index contributed by atoms with van der Waals surface area (Å²) in [7, 11) is 0. The minimum Gasteiger partial charge on any atom is -0.460 e. The third kappa shape index (κ3) is 7.82. The highest BCUT2D eigenvalue weighted by Gasteiger charge is 2.21. The van der Waals surface area contributed by atoms with Crippen LogP contribution in [0.3, 0.4) is 0 Å². The highest BCUT2D eigenvalue weighted by atomic mass is 16.6. The molecule has 0 saturated carbocycles. The van der Waals surface area contributed by atoms with E-state index in [1.54, 1.807) is 0 Å². The zero-order valence-electron chi connectivity index (χ0n) is 14.6. The fourth-order valence-corrected chi connectivity index (χ4v) is 2.70. The molecule has 0 amide bonds. The van der Waals surface area contributed by atoms with Crippen LogP contribution in [-0.4, -0.2) is 48.7 Å². The molecule has 2 unspecified atom stereocenters. The van der Waals surface area contributed by atoms with E-state index < -0.39 is 5.60 Å². The number of hydrogen-bond donors (Lipinski definition) is 1. The second-order valence-corrected chi connectivity index (χ2v) is 7.37. The molecular weight excluding hydrogens is 264 g/mol. The monoisotopic (exact) mass is 298 g/mol. The molecule has 4 nitrogen and oxygen atoms in total. The van der Waals surface area contributed by atoms with Crippen LogP contribution in [0.1, 0.15) is 60.3 Å². The molecule has 2 atom stereocenters. The third-order valence-corrected chi connectivity index (χ3v) is 4.00. The van der Waals surface area contributed by atoms with E-state index in [-0.39, 0.29) is 11.9 Å². The average molecular weight is 298 g/mol. The second kappa shape index (κ2) is 8.74. The van der Waals surface area contributed by atoms with Gasteiger partial charge >= 0.3 is 5.97 Å². The number of ether oxygens (including phenoxy) is 1. The van der Waals surface area contributed by atoms with Crippen molar-refractivity contribution in [3.8, 4) is 0 Å². The van der Waals surface area contributed by atoms with Crippen molar-refractivity contribution in [1.29, 1.82) is 0 Å². The molecule has 1 aliphatic rings. The molecule has 0 aromatic carbocycles.